The van der Waals surface area contributed by atoms with Crippen LogP contribution in [0.5, 0.6) is 5.75 Å². The number of methoxy groups -OCH3 is 1. The molecule has 20 heavy (non-hydrogen) atoms. The molecule has 1 saturated carbocycles. The number of nitrogens with one attached hydrogen (secondary N) is 1. The van der Waals surface area contributed by atoms with Crippen LogP contribution in [0, 0.1) is 17.7 Å². The third-order valence-corrected chi connectivity index (χ3v) is 5.14. The molecule has 0 spiro atoms. The monoisotopic (exact) mass is 277 g/mol. The number of ether oxygens (including phenoxy) is 1. The van der Waals surface area contributed by atoms with E-state index in [1.807, 2.05) is 0 Å². The number of piperidine rings is 1. The summed E-state index contributed by atoms with van der Waals surface area (Å²) < 4.78 is 19.0. The van der Waals surface area contributed by atoms with Crippen LogP contribution in [0.25, 0.3) is 0 Å². The summed E-state index contributed by atoms with van der Waals surface area (Å²) in [5, 5.41) is 3.53. The van der Waals surface area contributed by atoms with E-state index in [0.29, 0.717) is 17.6 Å². The Morgan fingerprint density at radius 1 is 1.20 bits per heavy atom. The lowest BCUT2D eigenvalue weighted by molar-refractivity contribution is 0.230. The molecule has 3 rings (SSSR count). The summed E-state index contributed by atoms with van der Waals surface area (Å²) in [5.74, 6) is 2.10. The third kappa shape index (κ3) is 2.69. The van der Waals surface area contributed by atoms with E-state index < -0.39 is 0 Å². The Labute approximate surface area is 120 Å². The zero-order valence-corrected chi connectivity index (χ0v) is 12.2. The molecule has 110 valence electrons. The second-order valence-corrected chi connectivity index (χ2v) is 6.20. The highest BCUT2D eigenvalue weighted by Crippen LogP contribution is 2.42. The van der Waals surface area contributed by atoms with Crippen LogP contribution in [0.1, 0.15) is 43.6 Å². The summed E-state index contributed by atoms with van der Waals surface area (Å²) in [4.78, 5) is 0. The molecule has 2 aliphatic rings. The van der Waals surface area contributed by atoms with Gasteiger partial charge in [-0.3, -0.25) is 0 Å². The van der Waals surface area contributed by atoms with Crippen molar-refractivity contribution in [2.45, 2.75) is 38.0 Å². The Balaban J connectivity index is 1.83. The average molecular weight is 277 g/mol. The molecule has 0 aromatic heterocycles. The first-order chi connectivity index (χ1) is 9.79. The molecule has 1 aromatic carbocycles. The first-order valence-corrected chi connectivity index (χ1v) is 7.83. The second kappa shape index (κ2) is 6.13. The van der Waals surface area contributed by atoms with Crippen molar-refractivity contribution < 1.29 is 9.13 Å². The molecule has 2 nitrogen and oxygen atoms in total. The third-order valence-electron chi connectivity index (χ3n) is 5.14. The topological polar surface area (TPSA) is 21.3 Å². The van der Waals surface area contributed by atoms with Crippen LogP contribution in [0.2, 0.25) is 0 Å². The predicted molar refractivity (Wildman–Crippen MR) is 78.6 cm³/mol. The van der Waals surface area contributed by atoms with Gasteiger partial charge in [-0.15, -0.1) is 0 Å². The molecular weight excluding hydrogens is 253 g/mol. The summed E-state index contributed by atoms with van der Waals surface area (Å²) in [6.07, 6.45) is 6.55. The number of hydrogen-bond donors (Lipinski definition) is 1. The van der Waals surface area contributed by atoms with Gasteiger partial charge in [0.05, 0.1) is 7.11 Å². The van der Waals surface area contributed by atoms with Crippen molar-refractivity contribution in [2.24, 2.45) is 11.8 Å². The normalized spacial score (nSPS) is 27.7. The lowest BCUT2D eigenvalue weighted by Crippen LogP contribution is -2.38. The molecule has 2 fully saturated rings. The highest BCUT2D eigenvalue weighted by molar-refractivity contribution is 5.32. The lowest BCUT2D eigenvalue weighted by Gasteiger charge is -2.36. The zero-order valence-electron chi connectivity index (χ0n) is 12.2. The van der Waals surface area contributed by atoms with Gasteiger partial charge >= 0.3 is 0 Å². The Hall–Kier alpha value is -1.09. The van der Waals surface area contributed by atoms with Gasteiger partial charge in [0.15, 0.2) is 11.6 Å². The molecule has 1 N–H and O–H groups in total. The summed E-state index contributed by atoms with van der Waals surface area (Å²) in [6.45, 7) is 2.13. The van der Waals surface area contributed by atoms with Crippen molar-refractivity contribution in [2.75, 3.05) is 20.2 Å². The van der Waals surface area contributed by atoms with E-state index in [-0.39, 0.29) is 5.82 Å². The van der Waals surface area contributed by atoms with E-state index in [2.05, 4.69) is 11.4 Å². The van der Waals surface area contributed by atoms with E-state index in [1.54, 1.807) is 12.1 Å². The summed E-state index contributed by atoms with van der Waals surface area (Å²) in [6, 6.07) is 5.52. The van der Waals surface area contributed by atoms with Crippen molar-refractivity contribution >= 4 is 0 Å². The molecule has 1 heterocycles. The van der Waals surface area contributed by atoms with Crippen molar-refractivity contribution in [3.63, 3.8) is 0 Å². The minimum absolute atomic E-state index is 0.228. The molecule has 1 aliphatic carbocycles. The summed E-state index contributed by atoms with van der Waals surface area (Å²) >= 11 is 0. The first-order valence-electron chi connectivity index (χ1n) is 7.83. The predicted octanol–water partition coefficient (Wildman–Crippen LogP) is 3.72. The van der Waals surface area contributed by atoms with Gasteiger partial charge in [-0.1, -0.05) is 31.7 Å². The van der Waals surface area contributed by atoms with Gasteiger partial charge in [0.2, 0.25) is 0 Å². The van der Waals surface area contributed by atoms with Crippen molar-refractivity contribution in [1.82, 2.24) is 5.32 Å². The van der Waals surface area contributed by atoms with Crippen LogP contribution >= 0.6 is 0 Å². The largest absolute Gasteiger partial charge is 0.494 e. The van der Waals surface area contributed by atoms with Crippen molar-refractivity contribution in [3.8, 4) is 5.75 Å². The molecule has 3 heteroatoms. The van der Waals surface area contributed by atoms with Crippen LogP contribution in [-0.4, -0.2) is 20.2 Å². The van der Waals surface area contributed by atoms with Gasteiger partial charge in [-0.05, 0) is 55.0 Å². The Morgan fingerprint density at radius 2 is 2.00 bits per heavy atom. The number of benzene rings is 1. The Morgan fingerprint density at radius 3 is 2.70 bits per heavy atom. The molecule has 1 aromatic rings. The summed E-state index contributed by atoms with van der Waals surface area (Å²) in [5.41, 5.74) is 1.15. The molecule has 2 atom stereocenters. The lowest BCUT2D eigenvalue weighted by atomic mass is 9.73. The maximum atomic E-state index is 14.0. The molecule has 1 aliphatic heterocycles. The standard InChI is InChI=1S/C17H24FNO/c1-20-17-7-6-13(10-16(17)18)14-8-9-19-11-15(14)12-4-2-3-5-12/h6-7,10,12,14-15,19H,2-5,8-9,11H2,1H3. The van der Waals surface area contributed by atoms with Gasteiger partial charge in [0.25, 0.3) is 0 Å². The van der Waals surface area contributed by atoms with Crippen molar-refractivity contribution in [3.05, 3.63) is 29.6 Å². The van der Waals surface area contributed by atoms with Gasteiger partial charge in [0, 0.05) is 0 Å². The SMILES string of the molecule is COc1ccc(C2CCNCC2C2CCCC2)cc1F. The van der Waals surface area contributed by atoms with E-state index in [4.69, 9.17) is 4.74 Å². The molecule has 2 unspecified atom stereocenters. The highest BCUT2D eigenvalue weighted by atomic mass is 19.1. The second-order valence-electron chi connectivity index (χ2n) is 6.20. The maximum Gasteiger partial charge on any atom is 0.165 e. The Bertz CT molecular complexity index is 456. The Kier molecular flexibility index (Phi) is 4.25. The first kappa shape index (κ1) is 13.9. The van der Waals surface area contributed by atoms with E-state index >= 15 is 0 Å². The van der Waals surface area contributed by atoms with Crippen LogP contribution in [0.15, 0.2) is 18.2 Å². The molecular formula is C17H24FNO. The van der Waals surface area contributed by atoms with Crippen molar-refractivity contribution in [1.29, 1.82) is 0 Å². The van der Waals surface area contributed by atoms with Gasteiger partial charge < -0.3 is 10.1 Å². The summed E-state index contributed by atoms with van der Waals surface area (Å²) in [7, 11) is 1.52. The molecule has 0 amide bonds. The zero-order chi connectivity index (χ0) is 13.9. The number of hydrogen-bond acceptors (Lipinski definition) is 2. The van der Waals surface area contributed by atoms with E-state index in [9.17, 15) is 4.39 Å². The fraction of sp³-hybridized carbons (Fsp3) is 0.647. The molecule has 0 radical (unpaired) electrons. The quantitative estimate of drug-likeness (QED) is 0.909. The van der Waals surface area contributed by atoms with Crippen LogP contribution < -0.4 is 10.1 Å². The maximum absolute atomic E-state index is 14.0. The number of rotatable bonds is 3. The fourth-order valence-corrected chi connectivity index (χ4v) is 4.09. The average Bonchev–Trinajstić information content (AvgIpc) is 3.01. The smallest absolute Gasteiger partial charge is 0.165 e. The molecule has 1 saturated heterocycles. The van der Waals surface area contributed by atoms with Gasteiger partial charge in [-0.25, -0.2) is 4.39 Å². The van der Waals surface area contributed by atoms with Gasteiger partial charge in [0.1, 0.15) is 0 Å². The van der Waals surface area contributed by atoms with Crippen LogP contribution in [0.3, 0.4) is 0 Å². The minimum Gasteiger partial charge on any atom is -0.494 e. The minimum atomic E-state index is -0.228. The van der Waals surface area contributed by atoms with Crippen LogP contribution in [-0.2, 0) is 0 Å². The number of halogens is 1. The van der Waals surface area contributed by atoms with E-state index in [0.717, 1.165) is 31.0 Å². The molecule has 0 bridgehead atoms. The van der Waals surface area contributed by atoms with Crippen LogP contribution in [0.4, 0.5) is 4.39 Å². The van der Waals surface area contributed by atoms with E-state index in [1.165, 1.54) is 32.8 Å². The highest BCUT2D eigenvalue weighted by Gasteiger charge is 2.34. The van der Waals surface area contributed by atoms with Gasteiger partial charge in [-0.2, -0.15) is 0 Å². The fourth-order valence-electron chi connectivity index (χ4n) is 4.09.